The number of rotatable bonds is 3. The fourth-order valence-corrected chi connectivity index (χ4v) is 2.60. The van der Waals surface area contributed by atoms with Crippen LogP contribution in [0.25, 0.3) is 0 Å². The van der Waals surface area contributed by atoms with Crippen molar-refractivity contribution in [1.82, 2.24) is 15.1 Å². The Hall–Kier alpha value is -1.14. The van der Waals surface area contributed by atoms with Crippen LogP contribution >= 0.6 is 0 Å². The van der Waals surface area contributed by atoms with Crippen molar-refractivity contribution >= 4 is 11.9 Å². The van der Waals surface area contributed by atoms with E-state index in [1.165, 1.54) is 0 Å². The van der Waals surface area contributed by atoms with E-state index in [0.717, 1.165) is 25.8 Å². The molecule has 0 unspecified atom stereocenters. The zero-order valence-electron chi connectivity index (χ0n) is 10.6. The van der Waals surface area contributed by atoms with Crippen LogP contribution in [0.3, 0.4) is 0 Å². The van der Waals surface area contributed by atoms with Crippen LogP contribution in [0.5, 0.6) is 0 Å². The molecule has 2 saturated heterocycles. The average molecular weight is 255 g/mol. The number of nitrogens with one attached hydrogen (secondary N) is 1. The van der Waals surface area contributed by atoms with E-state index in [4.69, 9.17) is 5.11 Å². The summed E-state index contributed by atoms with van der Waals surface area (Å²) in [6.07, 6.45) is 3.19. The number of hydrogen-bond donors (Lipinski definition) is 2. The van der Waals surface area contributed by atoms with Gasteiger partial charge in [0.1, 0.15) is 0 Å². The van der Waals surface area contributed by atoms with Crippen molar-refractivity contribution in [3.05, 3.63) is 0 Å². The van der Waals surface area contributed by atoms with E-state index < -0.39 is 5.97 Å². The van der Waals surface area contributed by atoms with E-state index in [0.29, 0.717) is 26.2 Å². The zero-order chi connectivity index (χ0) is 13.0. The van der Waals surface area contributed by atoms with Gasteiger partial charge < -0.3 is 15.3 Å². The molecule has 0 saturated carbocycles. The Morgan fingerprint density at radius 1 is 1.17 bits per heavy atom. The number of hydrogen-bond acceptors (Lipinski definition) is 4. The molecule has 2 aliphatic rings. The van der Waals surface area contributed by atoms with Gasteiger partial charge in [0.05, 0.1) is 12.6 Å². The molecule has 2 fully saturated rings. The van der Waals surface area contributed by atoms with Gasteiger partial charge in [0.25, 0.3) is 0 Å². The van der Waals surface area contributed by atoms with Crippen LogP contribution < -0.4 is 5.32 Å². The standard InChI is InChI=1S/C12H21N3O3/c16-11(17)9-14-5-7-15(8-6-14)12(18)10-3-1-2-4-13-10/h10,13H,1-9H2,(H,16,17)/t10-/m1/s1. The van der Waals surface area contributed by atoms with Crippen LogP contribution in [-0.4, -0.2) is 72.1 Å². The quantitative estimate of drug-likeness (QED) is 0.701. The number of piperidine rings is 1. The van der Waals surface area contributed by atoms with Crippen LogP contribution in [-0.2, 0) is 9.59 Å². The predicted molar refractivity (Wildman–Crippen MR) is 66.3 cm³/mol. The van der Waals surface area contributed by atoms with Crippen LogP contribution in [0.15, 0.2) is 0 Å². The monoisotopic (exact) mass is 255 g/mol. The van der Waals surface area contributed by atoms with Crippen LogP contribution in [0.1, 0.15) is 19.3 Å². The number of aliphatic carboxylic acids is 1. The fourth-order valence-electron chi connectivity index (χ4n) is 2.60. The van der Waals surface area contributed by atoms with E-state index in [-0.39, 0.29) is 18.5 Å². The lowest BCUT2D eigenvalue weighted by Gasteiger charge is -2.36. The van der Waals surface area contributed by atoms with Gasteiger partial charge in [-0.2, -0.15) is 0 Å². The summed E-state index contributed by atoms with van der Waals surface area (Å²) in [5.41, 5.74) is 0. The van der Waals surface area contributed by atoms with Gasteiger partial charge in [0.2, 0.25) is 5.91 Å². The van der Waals surface area contributed by atoms with Gasteiger partial charge in [0, 0.05) is 26.2 Å². The van der Waals surface area contributed by atoms with Gasteiger partial charge in [0.15, 0.2) is 0 Å². The average Bonchev–Trinajstić information content (AvgIpc) is 2.39. The Morgan fingerprint density at radius 3 is 2.44 bits per heavy atom. The summed E-state index contributed by atoms with van der Waals surface area (Å²) in [6, 6.07) is -0.0234. The molecule has 0 aromatic heterocycles. The molecule has 2 rings (SSSR count). The van der Waals surface area contributed by atoms with Crippen molar-refractivity contribution in [2.24, 2.45) is 0 Å². The van der Waals surface area contributed by atoms with E-state index >= 15 is 0 Å². The van der Waals surface area contributed by atoms with Crippen molar-refractivity contribution in [3.63, 3.8) is 0 Å². The lowest BCUT2D eigenvalue weighted by Crippen LogP contribution is -2.55. The first-order valence-corrected chi connectivity index (χ1v) is 6.63. The minimum atomic E-state index is -0.802. The number of nitrogens with zero attached hydrogens (tertiary/aromatic N) is 2. The third-order valence-electron chi connectivity index (χ3n) is 3.65. The first kappa shape index (κ1) is 13.3. The molecule has 102 valence electrons. The van der Waals surface area contributed by atoms with Crippen molar-refractivity contribution in [1.29, 1.82) is 0 Å². The van der Waals surface area contributed by atoms with Crippen LogP contribution in [0, 0.1) is 0 Å². The minimum Gasteiger partial charge on any atom is -0.480 e. The molecular formula is C12H21N3O3. The molecule has 0 aromatic carbocycles. The minimum absolute atomic E-state index is 0.0234. The lowest BCUT2D eigenvalue weighted by atomic mass is 10.0. The highest BCUT2D eigenvalue weighted by molar-refractivity contribution is 5.82. The van der Waals surface area contributed by atoms with Crippen molar-refractivity contribution in [3.8, 4) is 0 Å². The van der Waals surface area contributed by atoms with E-state index in [9.17, 15) is 9.59 Å². The largest absolute Gasteiger partial charge is 0.480 e. The first-order chi connectivity index (χ1) is 8.66. The van der Waals surface area contributed by atoms with Crippen molar-refractivity contribution < 1.29 is 14.7 Å². The molecule has 0 bridgehead atoms. The normalized spacial score (nSPS) is 26.0. The van der Waals surface area contributed by atoms with Gasteiger partial charge in [-0.05, 0) is 19.4 Å². The van der Waals surface area contributed by atoms with Gasteiger partial charge in [-0.15, -0.1) is 0 Å². The second-order valence-electron chi connectivity index (χ2n) is 5.00. The lowest BCUT2D eigenvalue weighted by molar-refractivity contribution is -0.140. The number of carbonyl (C=O) groups is 2. The molecule has 2 aliphatic heterocycles. The smallest absolute Gasteiger partial charge is 0.317 e. The van der Waals surface area contributed by atoms with E-state index in [2.05, 4.69) is 5.32 Å². The number of piperazine rings is 1. The summed E-state index contributed by atoms with van der Waals surface area (Å²) < 4.78 is 0. The second-order valence-corrected chi connectivity index (χ2v) is 5.00. The van der Waals surface area contributed by atoms with Gasteiger partial charge in [-0.3, -0.25) is 14.5 Å². The molecule has 2 heterocycles. The Morgan fingerprint density at radius 2 is 1.89 bits per heavy atom. The number of carboxylic acids is 1. The molecule has 1 amide bonds. The molecule has 0 spiro atoms. The highest BCUT2D eigenvalue weighted by Crippen LogP contribution is 2.11. The predicted octanol–water partition coefficient (Wildman–Crippen LogP) is -0.643. The van der Waals surface area contributed by atoms with Gasteiger partial charge in [-0.25, -0.2) is 0 Å². The van der Waals surface area contributed by atoms with E-state index in [1.54, 1.807) is 0 Å². The first-order valence-electron chi connectivity index (χ1n) is 6.63. The Kier molecular flexibility index (Phi) is 4.54. The van der Waals surface area contributed by atoms with Gasteiger partial charge >= 0.3 is 5.97 Å². The molecule has 0 aromatic rings. The maximum Gasteiger partial charge on any atom is 0.317 e. The maximum atomic E-state index is 12.2. The molecular weight excluding hydrogens is 234 g/mol. The maximum absolute atomic E-state index is 12.2. The van der Waals surface area contributed by atoms with Crippen LogP contribution in [0.4, 0.5) is 0 Å². The van der Waals surface area contributed by atoms with Crippen molar-refractivity contribution in [2.75, 3.05) is 39.3 Å². The topological polar surface area (TPSA) is 72.9 Å². The second kappa shape index (κ2) is 6.15. The molecule has 0 radical (unpaired) electrons. The summed E-state index contributed by atoms with van der Waals surface area (Å²) in [6.45, 7) is 3.60. The van der Waals surface area contributed by atoms with E-state index in [1.807, 2.05) is 9.80 Å². The fraction of sp³-hybridized carbons (Fsp3) is 0.833. The number of amides is 1. The Balaban J connectivity index is 1.78. The van der Waals surface area contributed by atoms with Crippen LogP contribution in [0.2, 0.25) is 0 Å². The van der Waals surface area contributed by atoms with Crippen molar-refractivity contribution in [2.45, 2.75) is 25.3 Å². The highest BCUT2D eigenvalue weighted by atomic mass is 16.4. The molecule has 6 heteroatoms. The molecule has 18 heavy (non-hydrogen) atoms. The summed E-state index contributed by atoms with van der Waals surface area (Å²) in [4.78, 5) is 26.5. The van der Waals surface area contributed by atoms with Gasteiger partial charge in [-0.1, -0.05) is 6.42 Å². The summed E-state index contributed by atoms with van der Waals surface area (Å²) in [5.74, 6) is -0.617. The summed E-state index contributed by atoms with van der Waals surface area (Å²) in [5, 5.41) is 12.0. The summed E-state index contributed by atoms with van der Waals surface area (Å²) in [7, 11) is 0. The molecule has 2 N–H and O–H groups in total. The third kappa shape index (κ3) is 3.43. The number of carbonyl (C=O) groups excluding carboxylic acids is 1. The third-order valence-corrected chi connectivity index (χ3v) is 3.65. The summed E-state index contributed by atoms with van der Waals surface area (Å²) >= 11 is 0. The molecule has 1 atom stereocenters. The zero-order valence-corrected chi connectivity index (χ0v) is 10.6. The SMILES string of the molecule is O=C(O)CN1CCN(C(=O)[C@H]2CCCCN2)CC1. The number of carboxylic acid groups (broad SMARTS) is 1. The Bertz CT molecular complexity index is 308. The Labute approximate surface area is 107 Å². The molecule has 6 nitrogen and oxygen atoms in total. The highest BCUT2D eigenvalue weighted by Gasteiger charge is 2.28. The molecule has 0 aliphatic carbocycles.